The Bertz CT molecular complexity index is 281. The lowest BCUT2D eigenvalue weighted by molar-refractivity contribution is 0.0975. The molecular weight excluding hydrogens is 230 g/mol. The van der Waals surface area contributed by atoms with Gasteiger partial charge in [0, 0.05) is 17.1 Å². The zero-order chi connectivity index (χ0) is 9.68. The van der Waals surface area contributed by atoms with Crippen molar-refractivity contribution in [1.82, 2.24) is 4.98 Å². The van der Waals surface area contributed by atoms with E-state index in [1.165, 1.54) is 0 Å². The maximum Gasteiger partial charge on any atom is 0.181 e. The number of Topliss-reactive ketones (excluding diaryl/α,β-unsaturated/α-hetero) is 1. The number of carbonyl (C=O) groups is 1. The largest absolute Gasteiger partial charge is 0.292 e. The summed E-state index contributed by atoms with van der Waals surface area (Å²) in [5.41, 5.74) is 0.566. The minimum Gasteiger partial charge on any atom is -0.292 e. The van der Waals surface area contributed by atoms with Gasteiger partial charge in [-0.3, -0.25) is 9.78 Å². The van der Waals surface area contributed by atoms with Crippen LogP contribution in [-0.2, 0) is 0 Å². The summed E-state index contributed by atoms with van der Waals surface area (Å²) in [6.45, 7) is 2.07. The summed E-state index contributed by atoms with van der Waals surface area (Å²) in [5.74, 6) is 0.134. The number of pyridine rings is 1. The molecule has 70 valence electrons. The third kappa shape index (κ3) is 3.27. The molecule has 3 heteroatoms. The number of halogens is 1. The molecule has 0 saturated heterocycles. The summed E-state index contributed by atoms with van der Waals surface area (Å²) in [5, 5.41) is 0. The standard InChI is InChI=1S/C10H12BrNO/c1-2-3-4-10(13)9-6-5-8(11)7-12-9/h5-7H,2-4H2,1H3. The Labute approximate surface area is 86.5 Å². The smallest absolute Gasteiger partial charge is 0.181 e. The van der Waals surface area contributed by atoms with Crippen molar-refractivity contribution >= 4 is 21.7 Å². The van der Waals surface area contributed by atoms with Gasteiger partial charge < -0.3 is 0 Å². The fraction of sp³-hybridized carbons (Fsp3) is 0.400. The van der Waals surface area contributed by atoms with Crippen LogP contribution in [0, 0.1) is 0 Å². The van der Waals surface area contributed by atoms with E-state index in [0.717, 1.165) is 17.3 Å². The second-order valence-electron chi connectivity index (χ2n) is 2.89. The summed E-state index contributed by atoms with van der Waals surface area (Å²) in [4.78, 5) is 15.5. The third-order valence-electron chi connectivity index (χ3n) is 1.77. The number of unbranched alkanes of at least 4 members (excludes halogenated alkanes) is 1. The van der Waals surface area contributed by atoms with Crippen LogP contribution in [0.15, 0.2) is 22.8 Å². The summed E-state index contributed by atoms with van der Waals surface area (Å²) >= 11 is 3.27. The molecule has 0 unspecified atom stereocenters. The summed E-state index contributed by atoms with van der Waals surface area (Å²) in [6, 6.07) is 3.59. The maximum atomic E-state index is 11.4. The average molecular weight is 242 g/mol. The first-order valence-electron chi connectivity index (χ1n) is 4.38. The number of hydrogen-bond acceptors (Lipinski definition) is 2. The molecule has 0 aliphatic rings. The molecular formula is C10H12BrNO. The van der Waals surface area contributed by atoms with Crippen molar-refractivity contribution < 1.29 is 4.79 Å². The number of hydrogen-bond donors (Lipinski definition) is 0. The molecule has 0 spiro atoms. The molecule has 13 heavy (non-hydrogen) atoms. The summed E-state index contributed by atoms with van der Waals surface area (Å²) in [6.07, 6.45) is 4.24. The topological polar surface area (TPSA) is 30.0 Å². The Morgan fingerprint density at radius 1 is 1.54 bits per heavy atom. The number of nitrogens with zero attached hydrogens (tertiary/aromatic N) is 1. The fourth-order valence-corrected chi connectivity index (χ4v) is 1.24. The number of aromatic nitrogens is 1. The highest BCUT2D eigenvalue weighted by atomic mass is 79.9. The van der Waals surface area contributed by atoms with Gasteiger partial charge >= 0.3 is 0 Å². The van der Waals surface area contributed by atoms with E-state index in [2.05, 4.69) is 27.8 Å². The molecule has 0 aliphatic carbocycles. The van der Waals surface area contributed by atoms with Crippen LogP contribution >= 0.6 is 15.9 Å². The van der Waals surface area contributed by atoms with E-state index >= 15 is 0 Å². The van der Waals surface area contributed by atoms with Gasteiger partial charge in [0.1, 0.15) is 5.69 Å². The van der Waals surface area contributed by atoms with E-state index in [1.807, 2.05) is 6.07 Å². The van der Waals surface area contributed by atoms with E-state index in [0.29, 0.717) is 12.1 Å². The van der Waals surface area contributed by atoms with E-state index in [1.54, 1.807) is 12.3 Å². The van der Waals surface area contributed by atoms with Gasteiger partial charge in [0.2, 0.25) is 0 Å². The molecule has 1 aromatic rings. The minimum atomic E-state index is 0.134. The van der Waals surface area contributed by atoms with Gasteiger partial charge in [0.05, 0.1) is 0 Å². The van der Waals surface area contributed by atoms with Gasteiger partial charge in [-0.25, -0.2) is 0 Å². The Balaban J connectivity index is 2.61. The van der Waals surface area contributed by atoms with Crippen molar-refractivity contribution in [2.24, 2.45) is 0 Å². The predicted octanol–water partition coefficient (Wildman–Crippen LogP) is 3.22. The summed E-state index contributed by atoms with van der Waals surface area (Å²) in [7, 11) is 0. The van der Waals surface area contributed by atoms with Gasteiger partial charge in [-0.05, 0) is 34.5 Å². The van der Waals surface area contributed by atoms with Crippen LogP contribution in [-0.4, -0.2) is 10.8 Å². The average Bonchev–Trinajstić information content (AvgIpc) is 2.15. The molecule has 1 heterocycles. The maximum absolute atomic E-state index is 11.4. The zero-order valence-electron chi connectivity index (χ0n) is 7.59. The quantitative estimate of drug-likeness (QED) is 0.758. The van der Waals surface area contributed by atoms with Crippen LogP contribution < -0.4 is 0 Å². The first kappa shape index (κ1) is 10.4. The van der Waals surface area contributed by atoms with Gasteiger partial charge in [-0.15, -0.1) is 0 Å². The molecule has 0 atom stereocenters. The van der Waals surface area contributed by atoms with Crippen LogP contribution in [0.3, 0.4) is 0 Å². The Morgan fingerprint density at radius 3 is 2.85 bits per heavy atom. The molecule has 0 radical (unpaired) electrons. The molecule has 0 saturated carbocycles. The number of carbonyl (C=O) groups excluding carboxylic acids is 1. The van der Waals surface area contributed by atoms with Gasteiger partial charge in [-0.1, -0.05) is 13.3 Å². The van der Waals surface area contributed by atoms with Crippen LogP contribution in [0.4, 0.5) is 0 Å². The Morgan fingerprint density at radius 2 is 2.31 bits per heavy atom. The summed E-state index contributed by atoms with van der Waals surface area (Å²) < 4.78 is 0.902. The predicted molar refractivity (Wildman–Crippen MR) is 55.8 cm³/mol. The van der Waals surface area contributed by atoms with Crippen LogP contribution in [0.25, 0.3) is 0 Å². The Kier molecular flexibility index (Phi) is 4.09. The van der Waals surface area contributed by atoms with Crippen LogP contribution in [0.5, 0.6) is 0 Å². The van der Waals surface area contributed by atoms with Gasteiger partial charge in [-0.2, -0.15) is 0 Å². The van der Waals surface area contributed by atoms with Crippen molar-refractivity contribution in [3.63, 3.8) is 0 Å². The highest BCUT2D eigenvalue weighted by Gasteiger charge is 2.05. The first-order chi connectivity index (χ1) is 6.24. The first-order valence-corrected chi connectivity index (χ1v) is 5.18. The highest BCUT2D eigenvalue weighted by molar-refractivity contribution is 9.10. The zero-order valence-corrected chi connectivity index (χ0v) is 9.17. The van der Waals surface area contributed by atoms with Gasteiger partial charge in [0.25, 0.3) is 0 Å². The number of ketones is 1. The van der Waals surface area contributed by atoms with Crippen molar-refractivity contribution in [3.8, 4) is 0 Å². The molecule has 0 aliphatic heterocycles. The lowest BCUT2D eigenvalue weighted by atomic mass is 10.1. The van der Waals surface area contributed by atoms with Crippen LogP contribution in [0.2, 0.25) is 0 Å². The fourth-order valence-electron chi connectivity index (χ4n) is 1.01. The van der Waals surface area contributed by atoms with E-state index < -0.39 is 0 Å². The molecule has 1 rings (SSSR count). The SMILES string of the molecule is CCCCC(=O)c1ccc(Br)cn1. The van der Waals surface area contributed by atoms with Crippen molar-refractivity contribution in [2.45, 2.75) is 26.2 Å². The molecule has 0 bridgehead atoms. The molecule has 0 aromatic carbocycles. The molecule has 1 aromatic heterocycles. The van der Waals surface area contributed by atoms with E-state index in [9.17, 15) is 4.79 Å². The molecule has 0 amide bonds. The van der Waals surface area contributed by atoms with E-state index in [4.69, 9.17) is 0 Å². The van der Waals surface area contributed by atoms with Crippen molar-refractivity contribution in [2.75, 3.05) is 0 Å². The third-order valence-corrected chi connectivity index (χ3v) is 2.24. The monoisotopic (exact) mass is 241 g/mol. The normalized spacial score (nSPS) is 10.0. The minimum absolute atomic E-state index is 0.134. The second kappa shape index (κ2) is 5.12. The van der Waals surface area contributed by atoms with Crippen LogP contribution in [0.1, 0.15) is 36.7 Å². The Hall–Kier alpha value is -0.700. The highest BCUT2D eigenvalue weighted by Crippen LogP contribution is 2.09. The molecule has 0 N–H and O–H groups in total. The second-order valence-corrected chi connectivity index (χ2v) is 3.80. The lowest BCUT2D eigenvalue weighted by Crippen LogP contribution is -2.00. The number of rotatable bonds is 4. The molecule has 0 fully saturated rings. The lowest BCUT2D eigenvalue weighted by Gasteiger charge is -1.98. The van der Waals surface area contributed by atoms with E-state index in [-0.39, 0.29) is 5.78 Å². The van der Waals surface area contributed by atoms with Crippen molar-refractivity contribution in [3.05, 3.63) is 28.5 Å². The molecule has 2 nitrogen and oxygen atoms in total. The van der Waals surface area contributed by atoms with Crippen molar-refractivity contribution in [1.29, 1.82) is 0 Å². The van der Waals surface area contributed by atoms with Gasteiger partial charge in [0.15, 0.2) is 5.78 Å².